The van der Waals surface area contributed by atoms with Gasteiger partial charge in [-0.1, -0.05) is 119 Å². The van der Waals surface area contributed by atoms with Gasteiger partial charge in [0.2, 0.25) is 0 Å². The van der Waals surface area contributed by atoms with Crippen LogP contribution >= 0.6 is 0 Å². The first kappa shape index (κ1) is 25.7. The number of benzene rings is 1. The zero-order chi connectivity index (χ0) is 22.2. The van der Waals surface area contributed by atoms with E-state index in [-0.39, 0.29) is 10.8 Å². The number of aldehydes is 1. The molecule has 0 N–H and O–H groups in total. The fraction of sp³-hybridized carbons (Fsp3) is 0.679. The van der Waals surface area contributed by atoms with Crippen LogP contribution in [0.25, 0.3) is 6.08 Å². The monoisotopic (exact) mass is 398 g/mol. The molecular formula is C28H46O. The zero-order valence-electron chi connectivity index (χ0n) is 20.5. The fourth-order valence-electron chi connectivity index (χ4n) is 4.39. The first-order chi connectivity index (χ1) is 13.5. The second-order valence-corrected chi connectivity index (χ2v) is 10.9. The van der Waals surface area contributed by atoms with Gasteiger partial charge in [0.15, 0.2) is 6.29 Å². The Balaban J connectivity index is 0.000000326. The van der Waals surface area contributed by atoms with Crippen LogP contribution in [-0.4, -0.2) is 6.29 Å². The summed E-state index contributed by atoms with van der Waals surface area (Å²) in [6.45, 7) is 21.5. The van der Waals surface area contributed by atoms with E-state index in [1.165, 1.54) is 56.1 Å². The number of rotatable bonds is 5. The highest BCUT2D eigenvalue weighted by Crippen LogP contribution is 2.34. The molecule has 0 amide bonds. The minimum absolute atomic E-state index is 0.00252. The van der Waals surface area contributed by atoms with Crippen LogP contribution in [0.5, 0.6) is 0 Å². The van der Waals surface area contributed by atoms with Crippen LogP contribution in [0.15, 0.2) is 18.7 Å². The summed E-state index contributed by atoms with van der Waals surface area (Å²) < 4.78 is 0. The Morgan fingerprint density at radius 1 is 0.931 bits per heavy atom. The van der Waals surface area contributed by atoms with E-state index in [9.17, 15) is 4.79 Å². The molecule has 1 heteroatoms. The minimum Gasteiger partial charge on any atom is -0.298 e. The SMILES string of the molecule is C=Cc1c(C=O)cc(C(C)(C)C)cc1C(C)(C)C.CCCC1CCC(CC)CC1. The molecule has 0 spiro atoms. The Morgan fingerprint density at radius 3 is 1.86 bits per heavy atom. The molecule has 1 fully saturated rings. The summed E-state index contributed by atoms with van der Waals surface area (Å²) in [4.78, 5) is 11.3. The molecule has 0 aromatic heterocycles. The number of hydrogen-bond acceptors (Lipinski definition) is 1. The zero-order valence-corrected chi connectivity index (χ0v) is 20.5. The van der Waals surface area contributed by atoms with E-state index in [0.717, 1.165) is 29.2 Å². The third-order valence-electron chi connectivity index (χ3n) is 6.46. The van der Waals surface area contributed by atoms with Gasteiger partial charge in [0.25, 0.3) is 0 Å². The van der Waals surface area contributed by atoms with Gasteiger partial charge in [-0.3, -0.25) is 4.79 Å². The lowest BCUT2D eigenvalue weighted by Gasteiger charge is -2.27. The molecule has 0 unspecified atom stereocenters. The molecule has 0 aliphatic heterocycles. The lowest BCUT2D eigenvalue weighted by Crippen LogP contribution is -2.19. The van der Waals surface area contributed by atoms with Crippen LogP contribution in [-0.2, 0) is 10.8 Å². The van der Waals surface area contributed by atoms with Crippen LogP contribution in [0.2, 0.25) is 0 Å². The molecule has 1 aromatic carbocycles. The highest BCUT2D eigenvalue weighted by molar-refractivity contribution is 5.83. The summed E-state index contributed by atoms with van der Waals surface area (Å²) in [6, 6.07) is 4.20. The maximum absolute atomic E-state index is 11.3. The molecule has 0 atom stereocenters. The van der Waals surface area contributed by atoms with Gasteiger partial charge in [0, 0.05) is 5.56 Å². The van der Waals surface area contributed by atoms with Gasteiger partial charge < -0.3 is 0 Å². The normalized spacial score (nSPS) is 19.9. The second-order valence-electron chi connectivity index (χ2n) is 10.9. The van der Waals surface area contributed by atoms with Crippen LogP contribution < -0.4 is 0 Å². The van der Waals surface area contributed by atoms with E-state index < -0.39 is 0 Å². The van der Waals surface area contributed by atoms with E-state index in [1.807, 2.05) is 6.07 Å². The summed E-state index contributed by atoms with van der Waals surface area (Å²) in [6.07, 6.45) is 13.1. The molecule has 0 saturated heterocycles. The maximum Gasteiger partial charge on any atom is 0.150 e. The largest absolute Gasteiger partial charge is 0.298 e. The molecule has 1 aliphatic rings. The van der Waals surface area contributed by atoms with Gasteiger partial charge in [-0.05, 0) is 45.4 Å². The Bertz CT molecular complexity index is 646. The van der Waals surface area contributed by atoms with Crippen LogP contribution in [0.3, 0.4) is 0 Å². The summed E-state index contributed by atoms with van der Waals surface area (Å²) >= 11 is 0. The van der Waals surface area contributed by atoms with Crippen molar-refractivity contribution >= 4 is 12.4 Å². The van der Waals surface area contributed by atoms with E-state index in [4.69, 9.17) is 0 Å². The maximum atomic E-state index is 11.3. The molecule has 0 heterocycles. The summed E-state index contributed by atoms with van der Waals surface area (Å²) in [7, 11) is 0. The lowest BCUT2D eigenvalue weighted by atomic mass is 9.77. The van der Waals surface area contributed by atoms with Gasteiger partial charge in [0.1, 0.15) is 0 Å². The highest BCUT2D eigenvalue weighted by atomic mass is 16.1. The van der Waals surface area contributed by atoms with Crippen molar-refractivity contribution in [2.24, 2.45) is 11.8 Å². The molecule has 2 rings (SSSR count). The summed E-state index contributed by atoms with van der Waals surface area (Å²) in [5.74, 6) is 2.16. The standard InChI is InChI=1S/C17H24O.C11H22/c1-8-14-12(11-18)9-13(16(2,3)4)10-15(14)17(5,6)7;1-3-5-11-8-6-10(4-2)7-9-11/h8-11H,1H2,2-7H3;10-11H,3-9H2,1-2H3. The molecule has 164 valence electrons. The molecule has 29 heavy (non-hydrogen) atoms. The molecule has 1 aromatic rings. The van der Waals surface area contributed by atoms with Gasteiger partial charge in [-0.2, -0.15) is 0 Å². The number of carbonyl (C=O) groups excluding carboxylic acids is 1. The van der Waals surface area contributed by atoms with Crippen molar-refractivity contribution in [2.75, 3.05) is 0 Å². The van der Waals surface area contributed by atoms with Crippen molar-refractivity contribution in [2.45, 2.75) is 111 Å². The Kier molecular flexibility index (Phi) is 9.86. The van der Waals surface area contributed by atoms with E-state index in [2.05, 4.69) is 68.0 Å². The predicted molar refractivity (Wildman–Crippen MR) is 130 cm³/mol. The Morgan fingerprint density at radius 2 is 1.48 bits per heavy atom. The van der Waals surface area contributed by atoms with Crippen LogP contribution in [0.1, 0.15) is 127 Å². The number of hydrogen-bond donors (Lipinski definition) is 0. The van der Waals surface area contributed by atoms with E-state index in [1.54, 1.807) is 6.08 Å². The third-order valence-corrected chi connectivity index (χ3v) is 6.46. The van der Waals surface area contributed by atoms with Crippen LogP contribution in [0.4, 0.5) is 0 Å². The van der Waals surface area contributed by atoms with Crippen molar-refractivity contribution < 1.29 is 4.79 Å². The average Bonchev–Trinajstić information content (AvgIpc) is 2.66. The molecule has 1 nitrogen and oxygen atoms in total. The third kappa shape index (κ3) is 7.76. The van der Waals surface area contributed by atoms with Crippen molar-refractivity contribution in [1.29, 1.82) is 0 Å². The molecular weight excluding hydrogens is 352 g/mol. The molecule has 1 aliphatic carbocycles. The van der Waals surface area contributed by atoms with Crippen molar-refractivity contribution in [1.82, 2.24) is 0 Å². The van der Waals surface area contributed by atoms with E-state index in [0.29, 0.717) is 0 Å². The van der Waals surface area contributed by atoms with Gasteiger partial charge in [-0.25, -0.2) is 0 Å². The minimum atomic E-state index is 0.00252. The molecule has 1 saturated carbocycles. The summed E-state index contributed by atoms with van der Waals surface area (Å²) in [5, 5.41) is 0. The summed E-state index contributed by atoms with van der Waals surface area (Å²) in [5.41, 5.74) is 4.13. The van der Waals surface area contributed by atoms with Gasteiger partial charge in [-0.15, -0.1) is 0 Å². The first-order valence-corrected chi connectivity index (χ1v) is 11.7. The van der Waals surface area contributed by atoms with Crippen molar-refractivity contribution in [3.63, 3.8) is 0 Å². The predicted octanol–water partition coefficient (Wildman–Crippen LogP) is 8.74. The smallest absolute Gasteiger partial charge is 0.150 e. The highest BCUT2D eigenvalue weighted by Gasteiger charge is 2.23. The van der Waals surface area contributed by atoms with Crippen molar-refractivity contribution in [3.05, 3.63) is 41.0 Å². The Hall–Kier alpha value is -1.37. The fourth-order valence-corrected chi connectivity index (χ4v) is 4.39. The quantitative estimate of drug-likeness (QED) is 0.453. The number of carbonyl (C=O) groups is 1. The first-order valence-electron chi connectivity index (χ1n) is 11.7. The van der Waals surface area contributed by atoms with Gasteiger partial charge in [0.05, 0.1) is 0 Å². The van der Waals surface area contributed by atoms with E-state index >= 15 is 0 Å². The second kappa shape index (κ2) is 11.1. The molecule has 0 bridgehead atoms. The van der Waals surface area contributed by atoms with Gasteiger partial charge >= 0.3 is 0 Å². The Labute approximate surface area is 181 Å². The molecule has 0 radical (unpaired) electrons. The topological polar surface area (TPSA) is 17.1 Å². The van der Waals surface area contributed by atoms with Crippen molar-refractivity contribution in [3.8, 4) is 0 Å². The average molecular weight is 399 g/mol. The van der Waals surface area contributed by atoms with Crippen LogP contribution in [0, 0.1) is 11.8 Å². The lowest BCUT2D eigenvalue weighted by molar-refractivity contribution is 0.112.